The second kappa shape index (κ2) is 3.69. The van der Waals surface area contributed by atoms with Crippen molar-refractivity contribution in [2.45, 2.75) is 6.61 Å². The van der Waals surface area contributed by atoms with E-state index in [0.29, 0.717) is 11.1 Å². The lowest BCUT2D eigenvalue weighted by molar-refractivity contribution is 0.281. The number of rotatable bonds is 2. The maximum absolute atomic E-state index is 8.89. The Hall–Kier alpha value is -0.870. The average molecular weight is 229 g/mol. The van der Waals surface area contributed by atoms with Crippen LogP contribution in [0.2, 0.25) is 0 Å². The Kier molecular flexibility index (Phi) is 2.83. The third kappa shape index (κ3) is 1.84. The predicted octanol–water partition coefficient (Wildman–Crippen LogP) is 1.23. The molecule has 0 unspecified atom stereocenters. The van der Waals surface area contributed by atoms with Crippen molar-refractivity contribution in [1.82, 2.24) is 0 Å². The molecule has 0 amide bonds. The molecule has 4 heteroatoms. The van der Waals surface area contributed by atoms with Crippen molar-refractivity contribution in [2.24, 2.45) is 5.73 Å². The van der Waals surface area contributed by atoms with Gasteiger partial charge < -0.3 is 10.8 Å². The molecule has 12 heavy (non-hydrogen) atoms. The van der Waals surface area contributed by atoms with Crippen molar-refractivity contribution >= 4 is 21.8 Å². The fourth-order valence-corrected chi connectivity index (χ4v) is 1.30. The van der Waals surface area contributed by atoms with Crippen LogP contribution in [0.15, 0.2) is 22.7 Å². The summed E-state index contributed by atoms with van der Waals surface area (Å²) >= 11 is 3.26. The molecule has 4 N–H and O–H groups in total. The number of aliphatic hydroxyl groups excluding tert-OH is 1. The summed E-state index contributed by atoms with van der Waals surface area (Å²) in [6, 6.07) is 5.26. The zero-order valence-corrected chi connectivity index (χ0v) is 7.93. The Morgan fingerprint density at radius 1 is 1.58 bits per heavy atom. The minimum atomic E-state index is -0.0950. The summed E-state index contributed by atoms with van der Waals surface area (Å²) in [7, 11) is 0. The number of nitrogens with two attached hydrogens (primary N) is 1. The van der Waals surface area contributed by atoms with E-state index >= 15 is 0 Å². The van der Waals surface area contributed by atoms with Crippen LogP contribution < -0.4 is 5.73 Å². The molecule has 0 spiro atoms. The minimum absolute atomic E-state index is 0.0275. The van der Waals surface area contributed by atoms with E-state index in [0.717, 1.165) is 4.47 Å². The maximum Gasteiger partial charge on any atom is 0.123 e. The highest BCUT2D eigenvalue weighted by Gasteiger charge is 2.04. The quantitative estimate of drug-likeness (QED) is 0.527. The largest absolute Gasteiger partial charge is 0.392 e. The fraction of sp³-hybridized carbons (Fsp3) is 0.125. The monoisotopic (exact) mass is 228 g/mol. The first-order chi connectivity index (χ1) is 5.65. The van der Waals surface area contributed by atoms with E-state index in [2.05, 4.69) is 15.9 Å². The molecule has 0 fully saturated rings. The average Bonchev–Trinajstić information content (AvgIpc) is 2.04. The van der Waals surface area contributed by atoms with Gasteiger partial charge in [-0.1, -0.05) is 22.0 Å². The minimum Gasteiger partial charge on any atom is -0.392 e. The lowest BCUT2D eigenvalue weighted by atomic mass is 10.1. The van der Waals surface area contributed by atoms with Crippen molar-refractivity contribution in [2.75, 3.05) is 0 Å². The fourth-order valence-electron chi connectivity index (χ4n) is 0.937. The summed E-state index contributed by atoms with van der Waals surface area (Å²) in [5.41, 5.74) is 6.56. The maximum atomic E-state index is 8.89. The lowest BCUT2D eigenvalue weighted by Gasteiger charge is -2.05. The van der Waals surface area contributed by atoms with Crippen LogP contribution in [-0.2, 0) is 6.61 Å². The Morgan fingerprint density at radius 2 is 2.25 bits per heavy atom. The highest BCUT2D eigenvalue weighted by molar-refractivity contribution is 9.10. The van der Waals surface area contributed by atoms with Gasteiger partial charge in [-0.05, 0) is 17.7 Å². The van der Waals surface area contributed by atoms with Crippen LogP contribution in [0.1, 0.15) is 11.1 Å². The van der Waals surface area contributed by atoms with Crippen LogP contribution >= 0.6 is 15.9 Å². The van der Waals surface area contributed by atoms with Gasteiger partial charge in [0.1, 0.15) is 5.84 Å². The van der Waals surface area contributed by atoms with Gasteiger partial charge in [-0.3, -0.25) is 5.41 Å². The van der Waals surface area contributed by atoms with Crippen LogP contribution in [0, 0.1) is 5.41 Å². The van der Waals surface area contributed by atoms with Crippen molar-refractivity contribution in [3.63, 3.8) is 0 Å². The van der Waals surface area contributed by atoms with E-state index in [-0.39, 0.29) is 12.4 Å². The van der Waals surface area contributed by atoms with Gasteiger partial charge >= 0.3 is 0 Å². The first-order valence-corrected chi connectivity index (χ1v) is 4.18. The molecule has 0 heterocycles. The van der Waals surface area contributed by atoms with Crippen molar-refractivity contribution < 1.29 is 5.11 Å². The van der Waals surface area contributed by atoms with Crippen LogP contribution in [0.25, 0.3) is 0 Å². The predicted molar refractivity (Wildman–Crippen MR) is 51.1 cm³/mol. The van der Waals surface area contributed by atoms with Crippen LogP contribution in [0.3, 0.4) is 0 Å². The first kappa shape index (κ1) is 9.22. The Morgan fingerprint density at radius 3 is 2.75 bits per heavy atom. The molecule has 0 bridgehead atoms. The van der Waals surface area contributed by atoms with Gasteiger partial charge in [0.2, 0.25) is 0 Å². The van der Waals surface area contributed by atoms with Crippen LogP contribution in [-0.4, -0.2) is 10.9 Å². The first-order valence-electron chi connectivity index (χ1n) is 3.39. The molecule has 64 valence electrons. The summed E-state index contributed by atoms with van der Waals surface area (Å²) in [5.74, 6) is -0.0275. The molecule has 0 radical (unpaired) electrons. The molecule has 0 saturated carbocycles. The van der Waals surface area contributed by atoms with E-state index in [9.17, 15) is 0 Å². The molecule has 1 aromatic carbocycles. The highest BCUT2D eigenvalue weighted by Crippen LogP contribution is 2.16. The third-order valence-electron chi connectivity index (χ3n) is 1.53. The number of amidine groups is 1. The second-order valence-electron chi connectivity index (χ2n) is 2.37. The normalized spacial score (nSPS) is 9.83. The summed E-state index contributed by atoms with van der Waals surface area (Å²) < 4.78 is 0.852. The van der Waals surface area contributed by atoms with Crippen LogP contribution in [0.5, 0.6) is 0 Å². The van der Waals surface area contributed by atoms with Gasteiger partial charge in [0.25, 0.3) is 0 Å². The Balaban J connectivity index is 3.21. The van der Waals surface area contributed by atoms with E-state index in [1.165, 1.54) is 0 Å². The Labute approximate surface area is 78.8 Å². The smallest absolute Gasteiger partial charge is 0.123 e. The van der Waals surface area contributed by atoms with Gasteiger partial charge in [0.15, 0.2) is 0 Å². The SMILES string of the molecule is N=C(N)c1cc(Br)ccc1CO. The standard InChI is InChI=1S/C8H9BrN2O/c9-6-2-1-5(4-12)7(3-6)8(10)11/h1-3,12H,4H2,(H3,10,11). The number of nitrogen functional groups attached to an aromatic ring is 1. The molecule has 0 atom stereocenters. The molecule has 3 nitrogen and oxygen atoms in total. The molecule has 0 aliphatic carbocycles. The van der Waals surface area contributed by atoms with Gasteiger partial charge in [-0.25, -0.2) is 0 Å². The molecular weight excluding hydrogens is 220 g/mol. The van der Waals surface area contributed by atoms with Crippen LogP contribution in [0.4, 0.5) is 0 Å². The molecule has 0 aliphatic heterocycles. The summed E-state index contributed by atoms with van der Waals surface area (Å²) in [6.07, 6.45) is 0. The topological polar surface area (TPSA) is 70.1 Å². The molecule has 1 rings (SSSR count). The third-order valence-corrected chi connectivity index (χ3v) is 2.03. The van der Waals surface area contributed by atoms with Crippen molar-refractivity contribution in [1.29, 1.82) is 5.41 Å². The number of hydrogen-bond donors (Lipinski definition) is 3. The number of hydrogen-bond acceptors (Lipinski definition) is 2. The van der Waals surface area contributed by atoms with E-state index < -0.39 is 0 Å². The van der Waals surface area contributed by atoms with Crippen molar-refractivity contribution in [3.05, 3.63) is 33.8 Å². The molecule has 1 aromatic rings. The molecule has 0 saturated heterocycles. The summed E-state index contributed by atoms with van der Waals surface area (Å²) in [6.45, 7) is -0.0950. The van der Waals surface area contributed by atoms with Crippen molar-refractivity contribution in [3.8, 4) is 0 Å². The number of aliphatic hydroxyl groups is 1. The number of halogens is 1. The van der Waals surface area contributed by atoms with Gasteiger partial charge in [0, 0.05) is 10.0 Å². The molecular formula is C8H9BrN2O. The molecule has 0 aromatic heterocycles. The number of benzene rings is 1. The number of nitrogens with one attached hydrogen (secondary N) is 1. The highest BCUT2D eigenvalue weighted by atomic mass is 79.9. The zero-order chi connectivity index (χ0) is 9.14. The summed E-state index contributed by atoms with van der Waals surface area (Å²) in [5, 5.41) is 16.1. The zero-order valence-electron chi connectivity index (χ0n) is 6.34. The van der Waals surface area contributed by atoms with E-state index in [1.807, 2.05) is 0 Å². The van der Waals surface area contributed by atoms with Gasteiger partial charge in [-0.2, -0.15) is 0 Å². The summed E-state index contributed by atoms with van der Waals surface area (Å²) in [4.78, 5) is 0. The lowest BCUT2D eigenvalue weighted by Crippen LogP contribution is -2.13. The van der Waals surface area contributed by atoms with E-state index in [4.69, 9.17) is 16.2 Å². The van der Waals surface area contributed by atoms with Gasteiger partial charge in [-0.15, -0.1) is 0 Å². The Bertz CT molecular complexity index is 312. The second-order valence-corrected chi connectivity index (χ2v) is 3.29. The van der Waals surface area contributed by atoms with Gasteiger partial charge in [0.05, 0.1) is 6.61 Å². The van der Waals surface area contributed by atoms with E-state index in [1.54, 1.807) is 18.2 Å². The molecule has 0 aliphatic rings.